The van der Waals surface area contributed by atoms with Gasteiger partial charge in [0.2, 0.25) is 0 Å². The van der Waals surface area contributed by atoms with Crippen LogP contribution in [0.4, 0.5) is 14.9 Å². The Morgan fingerprint density at radius 1 is 1.17 bits per heavy atom. The maximum absolute atomic E-state index is 13.4. The van der Waals surface area contributed by atoms with Crippen molar-refractivity contribution in [3.05, 3.63) is 65.7 Å². The molecule has 2 amide bonds. The number of nitrogens with one attached hydrogen (secondary N) is 3. The minimum absolute atomic E-state index is 0.186. The molecule has 3 aromatic rings. The first-order valence-corrected chi connectivity index (χ1v) is 10.8. The third kappa shape index (κ3) is 6.11. The molecule has 1 aromatic heterocycles. The fourth-order valence-electron chi connectivity index (χ4n) is 2.67. The van der Waals surface area contributed by atoms with E-state index >= 15 is 0 Å². The van der Waals surface area contributed by atoms with Crippen molar-refractivity contribution in [1.29, 1.82) is 0 Å². The number of sulfone groups is 1. The van der Waals surface area contributed by atoms with Gasteiger partial charge in [-0.25, -0.2) is 22.6 Å². The Morgan fingerprint density at radius 2 is 1.93 bits per heavy atom. The molecule has 0 fully saturated rings. The molecule has 0 aliphatic carbocycles. The molecule has 0 bridgehead atoms. The highest BCUT2D eigenvalue weighted by molar-refractivity contribution is 7.89. The van der Waals surface area contributed by atoms with E-state index in [1.807, 2.05) is 30.3 Å². The van der Waals surface area contributed by atoms with E-state index in [0.29, 0.717) is 18.1 Å². The third-order valence-electron chi connectivity index (χ3n) is 3.94. The van der Waals surface area contributed by atoms with Crippen LogP contribution in [0.15, 0.2) is 48.5 Å². The summed E-state index contributed by atoms with van der Waals surface area (Å²) in [5, 5.41) is 12.2. The van der Waals surface area contributed by atoms with Crippen LogP contribution < -0.4 is 10.6 Å². The predicted octanol–water partition coefficient (Wildman–Crippen LogP) is 2.52. The summed E-state index contributed by atoms with van der Waals surface area (Å²) in [5.74, 6) is 0.236. The molecule has 3 N–H and O–H groups in total. The molecule has 152 valence electrons. The first kappa shape index (κ1) is 20.5. The van der Waals surface area contributed by atoms with E-state index in [4.69, 9.17) is 0 Å². The van der Waals surface area contributed by atoms with Crippen molar-refractivity contribution in [2.75, 3.05) is 18.1 Å². The summed E-state index contributed by atoms with van der Waals surface area (Å²) in [7, 11) is -3.38. The lowest BCUT2D eigenvalue weighted by Crippen LogP contribution is -2.31. The molecule has 0 saturated heterocycles. The van der Waals surface area contributed by atoms with Gasteiger partial charge in [0.25, 0.3) is 0 Å². The van der Waals surface area contributed by atoms with E-state index < -0.39 is 21.7 Å². The molecule has 0 aliphatic rings. The van der Waals surface area contributed by atoms with Gasteiger partial charge in [-0.05, 0) is 23.8 Å². The average Bonchev–Trinajstić information content (AvgIpc) is 3.12. The van der Waals surface area contributed by atoms with Crippen molar-refractivity contribution >= 4 is 21.6 Å². The number of anilines is 1. The summed E-state index contributed by atoms with van der Waals surface area (Å²) < 4.78 is 36.5. The maximum atomic E-state index is 13.4. The van der Waals surface area contributed by atoms with Gasteiger partial charge in [-0.15, -0.1) is 0 Å². The quantitative estimate of drug-likeness (QED) is 0.546. The Labute approximate surface area is 167 Å². The van der Waals surface area contributed by atoms with Gasteiger partial charge in [0.15, 0.2) is 15.7 Å². The van der Waals surface area contributed by atoms with Crippen molar-refractivity contribution in [2.45, 2.75) is 12.2 Å². The van der Waals surface area contributed by atoms with Crippen LogP contribution in [0.3, 0.4) is 0 Å². The Balaban J connectivity index is 1.55. The van der Waals surface area contributed by atoms with E-state index in [1.54, 1.807) is 0 Å². The van der Waals surface area contributed by atoms with E-state index in [0.717, 1.165) is 24.0 Å². The van der Waals surface area contributed by atoms with Crippen LogP contribution in [-0.4, -0.2) is 42.4 Å². The number of benzene rings is 2. The number of halogens is 1. The number of nitrogens with zero attached hydrogens (tertiary/aromatic N) is 2. The molecule has 10 heteroatoms. The summed E-state index contributed by atoms with van der Waals surface area (Å²) in [6.07, 6.45) is 1.47. The third-order valence-corrected chi connectivity index (χ3v) is 4.78. The number of aromatic nitrogens is 3. The summed E-state index contributed by atoms with van der Waals surface area (Å²) >= 11 is 0. The van der Waals surface area contributed by atoms with Gasteiger partial charge in [-0.1, -0.05) is 30.3 Å². The summed E-state index contributed by atoms with van der Waals surface area (Å²) in [6.45, 7) is 0.276. The smallest absolute Gasteiger partial charge is 0.319 e. The minimum atomic E-state index is -3.38. The number of carbonyl (C=O) groups is 1. The van der Waals surface area contributed by atoms with Gasteiger partial charge < -0.3 is 10.6 Å². The minimum Gasteiger partial charge on any atom is -0.337 e. The molecular weight excluding hydrogens is 397 g/mol. The molecule has 0 radical (unpaired) electrons. The molecule has 0 atom stereocenters. The van der Waals surface area contributed by atoms with Crippen LogP contribution in [0, 0.1) is 5.82 Å². The van der Waals surface area contributed by atoms with Crippen molar-refractivity contribution in [1.82, 2.24) is 20.5 Å². The number of urea groups is 1. The van der Waals surface area contributed by atoms with E-state index in [1.165, 1.54) is 6.07 Å². The summed E-state index contributed by atoms with van der Waals surface area (Å²) in [6, 6.07) is 12.5. The molecule has 2 aromatic carbocycles. The fourth-order valence-corrected chi connectivity index (χ4v) is 3.47. The number of hydrogen-bond donors (Lipinski definition) is 3. The van der Waals surface area contributed by atoms with Crippen molar-refractivity contribution < 1.29 is 17.6 Å². The molecule has 29 heavy (non-hydrogen) atoms. The number of rotatable bonds is 7. The van der Waals surface area contributed by atoms with Crippen LogP contribution in [-0.2, 0) is 22.0 Å². The molecule has 0 aliphatic heterocycles. The van der Waals surface area contributed by atoms with Crippen molar-refractivity contribution in [3.8, 4) is 11.4 Å². The van der Waals surface area contributed by atoms with Crippen LogP contribution in [0.25, 0.3) is 11.4 Å². The number of amides is 2. The van der Waals surface area contributed by atoms with Crippen LogP contribution in [0.5, 0.6) is 0 Å². The highest BCUT2D eigenvalue weighted by atomic mass is 32.2. The van der Waals surface area contributed by atoms with E-state index in [9.17, 15) is 17.6 Å². The van der Waals surface area contributed by atoms with Gasteiger partial charge in [-0.2, -0.15) is 5.10 Å². The first-order chi connectivity index (χ1) is 13.8. The molecule has 1 heterocycles. The molecule has 0 spiro atoms. The lowest BCUT2D eigenvalue weighted by molar-refractivity contribution is 0.252. The second-order valence-electron chi connectivity index (χ2n) is 6.47. The highest BCUT2D eigenvalue weighted by Crippen LogP contribution is 2.19. The number of carbonyl (C=O) groups excluding carboxylic acids is 1. The zero-order valence-corrected chi connectivity index (χ0v) is 16.5. The maximum Gasteiger partial charge on any atom is 0.319 e. The zero-order valence-electron chi connectivity index (χ0n) is 15.6. The van der Waals surface area contributed by atoms with Gasteiger partial charge in [-0.3, -0.25) is 5.10 Å². The summed E-state index contributed by atoms with van der Waals surface area (Å²) in [4.78, 5) is 16.5. The van der Waals surface area contributed by atoms with Gasteiger partial charge in [0.05, 0.1) is 5.75 Å². The van der Waals surface area contributed by atoms with Gasteiger partial charge in [0, 0.05) is 30.5 Å². The molecule has 0 saturated carbocycles. The summed E-state index contributed by atoms with van der Waals surface area (Å²) in [5.41, 5.74) is 1.31. The highest BCUT2D eigenvalue weighted by Gasteiger charge is 2.13. The number of hydrogen-bond acceptors (Lipinski definition) is 5. The zero-order chi connectivity index (χ0) is 20.9. The lowest BCUT2D eigenvalue weighted by atomic mass is 10.2. The predicted molar refractivity (Wildman–Crippen MR) is 107 cm³/mol. The Bertz CT molecular complexity index is 1100. The van der Waals surface area contributed by atoms with E-state index in [-0.39, 0.29) is 23.5 Å². The van der Waals surface area contributed by atoms with Crippen LogP contribution in [0.2, 0.25) is 0 Å². The topological polar surface area (TPSA) is 117 Å². The molecular formula is C19H20FN5O3S. The fraction of sp³-hybridized carbons (Fsp3) is 0.211. The van der Waals surface area contributed by atoms with Crippen LogP contribution >= 0.6 is 0 Å². The Morgan fingerprint density at radius 3 is 2.66 bits per heavy atom. The SMILES string of the molecule is CS(=O)(=O)Cc1cc(F)ccc1NC(=O)NCCc1nc(-c2ccccc2)n[nH]1. The normalized spacial score (nSPS) is 11.2. The standard InChI is InChI=1S/C19H20FN5O3S/c1-29(27,28)12-14-11-15(20)7-8-16(14)22-19(26)21-10-9-17-23-18(25-24-17)13-5-3-2-4-6-13/h2-8,11H,9-10,12H2,1H3,(H2,21,22,26)(H,23,24,25). The molecule has 8 nitrogen and oxygen atoms in total. The van der Waals surface area contributed by atoms with Crippen LogP contribution in [0.1, 0.15) is 11.4 Å². The second-order valence-corrected chi connectivity index (χ2v) is 8.61. The van der Waals surface area contributed by atoms with Crippen molar-refractivity contribution in [2.24, 2.45) is 0 Å². The monoisotopic (exact) mass is 417 g/mol. The Kier molecular flexibility index (Phi) is 6.23. The van der Waals surface area contributed by atoms with E-state index in [2.05, 4.69) is 25.8 Å². The number of H-pyrrole nitrogens is 1. The number of aromatic amines is 1. The molecule has 0 unspecified atom stereocenters. The van der Waals surface area contributed by atoms with Gasteiger partial charge >= 0.3 is 6.03 Å². The first-order valence-electron chi connectivity index (χ1n) is 8.78. The largest absolute Gasteiger partial charge is 0.337 e. The molecule has 3 rings (SSSR count). The Hall–Kier alpha value is -3.27. The average molecular weight is 417 g/mol. The lowest BCUT2D eigenvalue weighted by Gasteiger charge is -2.11. The van der Waals surface area contributed by atoms with Crippen molar-refractivity contribution in [3.63, 3.8) is 0 Å². The second kappa shape index (κ2) is 8.82. The van der Waals surface area contributed by atoms with Gasteiger partial charge in [0.1, 0.15) is 11.6 Å².